The highest BCUT2D eigenvalue weighted by Gasteiger charge is 2.09. The fourth-order valence-electron chi connectivity index (χ4n) is 1.41. The minimum atomic E-state index is -0.802. The van der Waals surface area contributed by atoms with Crippen LogP contribution >= 0.6 is 15.9 Å². The van der Waals surface area contributed by atoms with Gasteiger partial charge in [-0.1, -0.05) is 28.9 Å². The molecule has 0 saturated heterocycles. The molecular formula is C11H14BrNO2. The van der Waals surface area contributed by atoms with Gasteiger partial charge in [-0.05, 0) is 24.6 Å². The molecule has 1 aromatic rings. The summed E-state index contributed by atoms with van der Waals surface area (Å²) in [6.45, 7) is 2.83. The molecular weight excluding hydrogens is 258 g/mol. The summed E-state index contributed by atoms with van der Waals surface area (Å²) in [6, 6.07) is 7.68. The molecule has 1 aromatic carbocycles. The summed E-state index contributed by atoms with van der Waals surface area (Å²) in [6.07, 6.45) is 0.930. The first kappa shape index (κ1) is 12.0. The predicted octanol–water partition coefficient (Wildman–Crippen LogP) is 2.75. The summed E-state index contributed by atoms with van der Waals surface area (Å²) in [5.74, 6) is -0.802. The monoisotopic (exact) mass is 271 g/mol. The number of benzene rings is 1. The van der Waals surface area contributed by atoms with Crippen molar-refractivity contribution >= 4 is 27.6 Å². The van der Waals surface area contributed by atoms with E-state index in [0.29, 0.717) is 0 Å². The molecule has 0 heterocycles. The number of anilines is 1. The number of hydrogen-bond acceptors (Lipinski definition) is 2. The molecule has 82 valence electrons. The number of aliphatic carboxylic acids is 1. The molecule has 1 rings (SSSR count). The van der Waals surface area contributed by atoms with Gasteiger partial charge in [0, 0.05) is 16.7 Å². The second-order valence-corrected chi connectivity index (χ2v) is 4.21. The first-order valence-electron chi connectivity index (χ1n) is 4.85. The summed E-state index contributed by atoms with van der Waals surface area (Å²) in [5.41, 5.74) is 0.939. The van der Waals surface area contributed by atoms with Gasteiger partial charge in [-0.15, -0.1) is 0 Å². The molecule has 0 amide bonds. The van der Waals surface area contributed by atoms with Crippen LogP contribution in [0.1, 0.15) is 13.3 Å². The Bertz CT molecular complexity index is 341. The molecule has 15 heavy (non-hydrogen) atoms. The molecule has 0 aliphatic rings. The Kier molecular flexibility index (Phi) is 4.62. The molecule has 0 bridgehead atoms. The predicted molar refractivity (Wildman–Crippen MR) is 64.3 cm³/mol. The Balaban J connectivity index is 2.83. The minimum absolute atomic E-state index is 0.0459. The van der Waals surface area contributed by atoms with Crippen LogP contribution in [0, 0.1) is 0 Å². The van der Waals surface area contributed by atoms with Crippen molar-refractivity contribution in [2.45, 2.75) is 13.3 Å². The lowest BCUT2D eigenvalue weighted by atomic mass is 10.2. The number of carbonyl (C=O) groups is 1. The van der Waals surface area contributed by atoms with Crippen LogP contribution in [0.15, 0.2) is 28.7 Å². The van der Waals surface area contributed by atoms with E-state index in [4.69, 9.17) is 5.11 Å². The Morgan fingerprint density at radius 1 is 1.53 bits per heavy atom. The fraction of sp³-hybridized carbons (Fsp3) is 0.364. The summed E-state index contributed by atoms with van der Waals surface area (Å²) in [4.78, 5) is 12.5. The van der Waals surface area contributed by atoms with Gasteiger partial charge in [0.1, 0.15) is 6.54 Å². The number of nitrogens with zero attached hydrogens (tertiary/aromatic N) is 1. The van der Waals surface area contributed by atoms with E-state index >= 15 is 0 Å². The smallest absolute Gasteiger partial charge is 0.323 e. The normalized spacial score (nSPS) is 10.0. The number of halogens is 1. The molecule has 0 aliphatic heterocycles. The third-order valence-electron chi connectivity index (χ3n) is 1.99. The number of rotatable bonds is 5. The first-order valence-corrected chi connectivity index (χ1v) is 5.65. The van der Waals surface area contributed by atoms with Crippen LogP contribution in [-0.2, 0) is 4.79 Å². The van der Waals surface area contributed by atoms with Crippen LogP contribution in [0.25, 0.3) is 0 Å². The topological polar surface area (TPSA) is 40.5 Å². The molecule has 0 aromatic heterocycles. The largest absolute Gasteiger partial charge is 0.480 e. The maximum absolute atomic E-state index is 10.7. The molecule has 4 heteroatoms. The van der Waals surface area contributed by atoms with Crippen molar-refractivity contribution in [1.82, 2.24) is 0 Å². The fourth-order valence-corrected chi connectivity index (χ4v) is 1.79. The van der Waals surface area contributed by atoms with E-state index in [1.165, 1.54) is 0 Å². The summed E-state index contributed by atoms with van der Waals surface area (Å²) in [7, 11) is 0. The number of carboxylic acids is 1. The van der Waals surface area contributed by atoms with Crippen molar-refractivity contribution in [3.8, 4) is 0 Å². The van der Waals surface area contributed by atoms with Crippen molar-refractivity contribution in [2.75, 3.05) is 18.0 Å². The highest BCUT2D eigenvalue weighted by Crippen LogP contribution is 2.19. The van der Waals surface area contributed by atoms with Gasteiger partial charge in [-0.3, -0.25) is 4.79 Å². The van der Waals surface area contributed by atoms with Gasteiger partial charge >= 0.3 is 5.97 Å². The Labute approximate surface area is 97.8 Å². The molecule has 3 nitrogen and oxygen atoms in total. The van der Waals surface area contributed by atoms with Crippen LogP contribution in [-0.4, -0.2) is 24.2 Å². The Morgan fingerprint density at radius 3 is 2.80 bits per heavy atom. The van der Waals surface area contributed by atoms with Crippen molar-refractivity contribution < 1.29 is 9.90 Å². The zero-order chi connectivity index (χ0) is 11.3. The summed E-state index contributed by atoms with van der Waals surface area (Å²) >= 11 is 3.37. The zero-order valence-electron chi connectivity index (χ0n) is 8.61. The molecule has 1 N–H and O–H groups in total. The third kappa shape index (κ3) is 3.91. The molecule has 0 aliphatic carbocycles. The Hall–Kier alpha value is -1.03. The quantitative estimate of drug-likeness (QED) is 0.896. The van der Waals surface area contributed by atoms with Gasteiger partial charge in [0.25, 0.3) is 0 Å². The summed E-state index contributed by atoms with van der Waals surface area (Å²) < 4.78 is 0.964. The van der Waals surface area contributed by atoms with Crippen LogP contribution in [0.5, 0.6) is 0 Å². The van der Waals surface area contributed by atoms with Crippen LogP contribution in [0.4, 0.5) is 5.69 Å². The first-order chi connectivity index (χ1) is 7.13. The zero-order valence-corrected chi connectivity index (χ0v) is 10.2. The average molecular weight is 272 g/mol. The second-order valence-electron chi connectivity index (χ2n) is 3.30. The summed E-state index contributed by atoms with van der Waals surface area (Å²) in [5, 5.41) is 8.79. The molecule has 0 spiro atoms. The highest BCUT2D eigenvalue weighted by atomic mass is 79.9. The number of hydrogen-bond donors (Lipinski definition) is 1. The maximum atomic E-state index is 10.7. The van der Waals surface area contributed by atoms with E-state index in [9.17, 15) is 4.79 Å². The third-order valence-corrected chi connectivity index (χ3v) is 2.49. The number of carboxylic acid groups (broad SMARTS) is 1. The van der Waals surface area contributed by atoms with E-state index in [1.54, 1.807) is 0 Å². The molecule has 0 unspecified atom stereocenters. The standard InChI is InChI=1S/C11H14BrNO2/c1-2-6-13(8-11(14)15)10-5-3-4-9(12)7-10/h3-5,7H,2,6,8H2,1H3,(H,14,15). The molecule has 0 atom stereocenters. The van der Waals surface area contributed by atoms with E-state index in [2.05, 4.69) is 15.9 Å². The van der Waals surface area contributed by atoms with Crippen LogP contribution in [0.3, 0.4) is 0 Å². The van der Waals surface area contributed by atoms with Gasteiger partial charge in [0.05, 0.1) is 0 Å². The second kappa shape index (κ2) is 5.75. The van der Waals surface area contributed by atoms with Crippen molar-refractivity contribution in [3.63, 3.8) is 0 Å². The minimum Gasteiger partial charge on any atom is -0.480 e. The van der Waals surface area contributed by atoms with Crippen molar-refractivity contribution in [1.29, 1.82) is 0 Å². The lowest BCUT2D eigenvalue weighted by Gasteiger charge is -2.22. The average Bonchev–Trinajstić information content (AvgIpc) is 2.16. The maximum Gasteiger partial charge on any atom is 0.323 e. The van der Waals surface area contributed by atoms with Gasteiger partial charge in [0.2, 0.25) is 0 Å². The van der Waals surface area contributed by atoms with Crippen LogP contribution < -0.4 is 4.90 Å². The SMILES string of the molecule is CCCN(CC(=O)O)c1cccc(Br)c1. The molecule has 0 saturated carbocycles. The lowest BCUT2D eigenvalue weighted by molar-refractivity contribution is -0.135. The van der Waals surface area contributed by atoms with Gasteiger partial charge in [-0.25, -0.2) is 0 Å². The van der Waals surface area contributed by atoms with Crippen molar-refractivity contribution in [3.05, 3.63) is 28.7 Å². The van der Waals surface area contributed by atoms with E-state index in [1.807, 2.05) is 36.1 Å². The van der Waals surface area contributed by atoms with Gasteiger partial charge < -0.3 is 10.0 Å². The Morgan fingerprint density at radius 2 is 2.27 bits per heavy atom. The molecule has 0 fully saturated rings. The van der Waals surface area contributed by atoms with Gasteiger partial charge in [0.15, 0.2) is 0 Å². The van der Waals surface area contributed by atoms with Crippen molar-refractivity contribution in [2.24, 2.45) is 0 Å². The van der Waals surface area contributed by atoms with E-state index in [-0.39, 0.29) is 6.54 Å². The van der Waals surface area contributed by atoms with Crippen LogP contribution in [0.2, 0.25) is 0 Å². The highest BCUT2D eigenvalue weighted by molar-refractivity contribution is 9.10. The lowest BCUT2D eigenvalue weighted by Crippen LogP contribution is -2.30. The molecule has 0 radical (unpaired) electrons. The van der Waals surface area contributed by atoms with E-state index in [0.717, 1.165) is 23.1 Å². The van der Waals surface area contributed by atoms with E-state index < -0.39 is 5.97 Å². The van der Waals surface area contributed by atoms with Gasteiger partial charge in [-0.2, -0.15) is 0 Å².